The first-order valence-corrected chi connectivity index (χ1v) is 6.43. The first kappa shape index (κ1) is 13.6. The highest BCUT2D eigenvalue weighted by molar-refractivity contribution is 5.52. The van der Waals surface area contributed by atoms with Crippen LogP contribution in [0.1, 0.15) is 11.6 Å². The number of hydrogen-bond donors (Lipinski definition) is 0. The fourth-order valence-electron chi connectivity index (χ4n) is 1.90. The van der Waals surface area contributed by atoms with Crippen LogP contribution in [0.25, 0.3) is 11.4 Å². The van der Waals surface area contributed by atoms with Crippen molar-refractivity contribution < 1.29 is 4.52 Å². The van der Waals surface area contributed by atoms with E-state index in [2.05, 4.69) is 25.1 Å². The lowest BCUT2D eigenvalue weighted by Crippen LogP contribution is -2.19. The summed E-state index contributed by atoms with van der Waals surface area (Å²) in [6, 6.07) is 5.65. The van der Waals surface area contributed by atoms with Gasteiger partial charge in [0.1, 0.15) is 6.07 Å². The topological polar surface area (TPSA) is 105 Å². The Balaban J connectivity index is 1.79. The van der Waals surface area contributed by atoms with Crippen LogP contribution in [0.4, 0.5) is 5.82 Å². The highest BCUT2D eigenvalue weighted by atomic mass is 16.5. The van der Waals surface area contributed by atoms with Crippen molar-refractivity contribution in [3.05, 3.63) is 48.5 Å². The van der Waals surface area contributed by atoms with Crippen molar-refractivity contribution in [1.29, 1.82) is 5.26 Å². The Labute approximate surface area is 126 Å². The summed E-state index contributed by atoms with van der Waals surface area (Å²) in [4.78, 5) is 18.2. The Morgan fingerprint density at radius 1 is 1.27 bits per heavy atom. The van der Waals surface area contributed by atoms with E-state index in [9.17, 15) is 0 Å². The lowest BCUT2D eigenvalue weighted by atomic mass is 10.3. The molecule has 22 heavy (non-hydrogen) atoms. The predicted octanol–water partition coefficient (Wildman–Crippen LogP) is 1.43. The summed E-state index contributed by atoms with van der Waals surface area (Å²) in [6.45, 7) is 0.320. The van der Waals surface area contributed by atoms with E-state index in [-0.39, 0.29) is 5.69 Å². The summed E-state index contributed by atoms with van der Waals surface area (Å²) in [6.07, 6.45) is 6.34. The molecule has 8 heteroatoms. The molecular weight excluding hydrogens is 282 g/mol. The number of nitriles is 1. The summed E-state index contributed by atoms with van der Waals surface area (Å²) in [5.41, 5.74) is 1.02. The molecule has 8 nitrogen and oxygen atoms in total. The lowest BCUT2D eigenvalue weighted by Gasteiger charge is -2.15. The van der Waals surface area contributed by atoms with E-state index in [0.29, 0.717) is 24.1 Å². The van der Waals surface area contributed by atoms with Crippen molar-refractivity contribution in [2.45, 2.75) is 6.54 Å². The van der Waals surface area contributed by atoms with Gasteiger partial charge in [0.25, 0.3) is 0 Å². The van der Waals surface area contributed by atoms with Crippen LogP contribution in [0.15, 0.2) is 41.4 Å². The van der Waals surface area contributed by atoms with Crippen molar-refractivity contribution >= 4 is 5.82 Å². The molecule has 3 aromatic rings. The second kappa shape index (κ2) is 5.97. The van der Waals surface area contributed by atoms with Crippen molar-refractivity contribution in [1.82, 2.24) is 25.1 Å². The van der Waals surface area contributed by atoms with Gasteiger partial charge in [0.05, 0.1) is 6.54 Å². The number of pyridine rings is 1. The molecule has 0 spiro atoms. The fraction of sp³-hybridized carbons (Fsp3) is 0.143. The molecule has 0 aliphatic heterocycles. The third-order valence-electron chi connectivity index (χ3n) is 2.91. The van der Waals surface area contributed by atoms with Gasteiger partial charge >= 0.3 is 0 Å². The van der Waals surface area contributed by atoms with Gasteiger partial charge in [-0.05, 0) is 12.1 Å². The number of hydrogen-bond acceptors (Lipinski definition) is 8. The van der Waals surface area contributed by atoms with Gasteiger partial charge in [-0.15, -0.1) is 0 Å². The largest absolute Gasteiger partial charge is 0.348 e. The molecule has 0 fully saturated rings. The molecule has 0 atom stereocenters. The number of aromatic nitrogens is 5. The molecule has 0 radical (unpaired) electrons. The van der Waals surface area contributed by atoms with Gasteiger partial charge in [0, 0.05) is 37.4 Å². The molecule has 0 unspecified atom stereocenters. The minimum atomic E-state index is 0.247. The Kier molecular flexibility index (Phi) is 3.70. The van der Waals surface area contributed by atoms with E-state index < -0.39 is 0 Å². The highest BCUT2D eigenvalue weighted by Crippen LogP contribution is 2.17. The normalized spacial score (nSPS) is 10.2. The summed E-state index contributed by atoms with van der Waals surface area (Å²) in [5.74, 6) is 1.35. The molecule has 0 amide bonds. The maximum atomic E-state index is 9.05. The minimum Gasteiger partial charge on any atom is -0.348 e. The molecule has 0 bridgehead atoms. The Hall–Kier alpha value is -3.34. The third-order valence-corrected chi connectivity index (χ3v) is 2.91. The average Bonchev–Trinajstić information content (AvgIpc) is 3.04. The van der Waals surface area contributed by atoms with Crippen LogP contribution >= 0.6 is 0 Å². The molecule has 3 aromatic heterocycles. The Bertz CT molecular complexity index is 809. The van der Waals surface area contributed by atoms with E-state index in [1.54, 1.807) is 30.4 Å². The zero-order valence-corrected chi connectivity index (χ0v) is 11.7. The quantitative estimate of drug-likeness (QED) is 0.711. The van der Waals surface area contributed by atoms with Crippen LogP contribution in [0.2, 0.25) is 0 Å². The summed E-state index contributed by atoms with van der Waals surface area (Å²) in [5, 5.41) is 13.0. The highest BCUT2D eigenvalue weighted by Gasteiger charge is 2.14. The summed E-state index contributed by atoms with van der Waals surface area (Å²) < 4.78 is 5.22. The van der Waals surface area contributed by atoms with E-state index in [1.165, 1.54) is 12.4 Å². The molecule has 0 saturated heterocycles. The smallest absolute Gasteiger partial charge is 0.246 e. The monoisotopic (exact) mass is 293 g/mol. The molecule has 0 aliphatic carbocycles. The van der Waals surface area contributed by atoms with Crippen molar-refractivity contribution in [3.8, 4) is 17.5 Å². The fourth-order valence-corrected chi connectivity index (χ4v) is 1.90. The average molecular weight is 293 g/mol. The first-order valence-electron chi connectivity index (χ1n) is 6.43. The zero-order chi connectivity index (χ0) is 15.4. The van der Waals surface area contributed by atoms with E-state index in [4.69, 9.17) is 9.78 Å². The number of anilines is 1. The van der Waals surface area contributed by atoms with Crippen molar-refractivity contribution in [2.24, 2.45) is 0 Å². The second-order valence-electron chi connectivity index (χ2n) is 4.45. The maximum Gasteiger partial charge on any atom is 0.246 e. The van der Waals surface area contributed by atoms with Crippen LogP contribution in [0.5, 0.6) is 0 Å². The van der Waals surface area contributed by atoms with Gasteiger partial charge in [-0.25, -0.2) is 9.97 Å². The molecule has 0 aromatic carbocycles. The Morgan fingerprint density at radius 2 is 2.14 bits per heavy atom. The molecular formula is C14H11N7O. The van der Waals surface area contributed by atoms with Gasteiger partial charge in [-0.2, -0.15) is 10.2 Å². The Morgan fingerprint density at radius 3 is 2.91 bits per heavy atom. The van der Waals surface area contributed by atoms with Gasteiger partial charge in [-0.1, -0.05) is 5.16 Å². The third kappa shape index (κ3) is 2.73. The molecule has 0 saturated carbocycles. The van der Waals surface area contributed by atoms with Crippen molar-refractivity contribution in [3.63, 3.8) is 0 Å². The lowest BCUT2D eigenvalue weighted by molar-refractivity contribution is 0.378. The van der Waals surface area contributed by atoms with E-state index in [0.717, 1.165) is 5.56 Å². The van der Waals surface area contributed by atoms with Crippen LogP contribution in [-0.4, -0.2) is 32.1 Å². The van der Waals surface area contributed by atoms with E-state index in [1.807, 2.05) is 12.1 Å². The molecule has 3 heterocycles. The minimum absolute atomic E-state index is 0.247. The van der Waals surface area contributed by atoms with Crippen LogP contribution in [-0.2, 0) is 6.54 Å². The molecule has 0 N–H and O–H groups in total. The SMILES string of the molecule is CN(Cc1nc(-c2cccnc2)no1)c1nccnc1C#N. The molecule has 108 valence electrons. The van der Waals surface area contributed by atoms with Gasteiger partial charge in [0.2, 0.25) is 11.7 Å². The van der Waals surface area contributed by atoms with Crippen LogP contribution in [0.3, 0.4) is 0 Å². The summed E-state index contributed by atoms with van der Waals surface area (Å²) >= 11 is 0. The van der Waals surface area contributed by atoms with Gasteiger partial charge in [-0.3, -0.25) is 4.98 Å². The van der Waals surface area contributed by atoms with Gasteiger partial charge in [0.15, 0.2) is 11.5 Å². The van der Waals surface area contributed by atoms with E-state index >= 15 is 0 Å². The van der Waals surface area contributed by atoms with Gasteiger partial charge < -0.3 is 9.42 Å². The van der Waals surface area contributed by atoms with Crippen LogP contribution in [0, 0.1) is 11.3 Å². The first-order chi connectivity index (χ1) is 10.8. The maximum absolute atomic E-state index is 9.05. The summed E-state index contributed by atoms with van der Waals surface area (Å²) in [7, 11) is 1.78. The second-order valence-corrected chi connectivity index (χ2v) is 4.45. The number of rotatable bonds is 4. The van der Waals surface area contributed by atoms with Crippen LogP contribution < -0.4 is 4.90 Å². The van der Waals surface area contributed by atoms with Crippen molar-refractivity contribution in [2.75, 3.05) is 11.9 Å². The predicted molar refractivity (Wildman–Crippen MR) is 76.4 cm³/mol. The number of nitrogens with zero attached hydrogens (tertiary/aromatic N) is 7. The standard InChI is InChI=1S/C14H11N7O/c1-21(14-11(7-15)17-5-6-18-14)9-12-19-13(20-22-12)10-3-2-4-16-8-10/h2-6,8H,9H2,1H3. The molecule has 0 aliphatic rings. The zero-order valence-electron chi connectivity index (χ0n) is 11.7. The molecule has 3 rings (SSSR count).